The minimum Gasteiger partial charge on any atom is -0.310 e. The third-order valence-electron chi connectivity index (χ3n) is 2.85. The van der Waals surface area contributed by atoms with Crippen molar-refractivity contribution in [3.05, 3.63) is 40.7 Å². The van der Waals surface area contributed by atoms with Gasteiger partial charge in [0.05, 0.1) is 10.5 Å². The molecule has 0 aliphatic heterocycles. The van der Waals surface area contributed by atoms with Crippen molar-refractivity contribution in [3.63, 3.8) is 0 Å². The van der Waals surface area contributed by atoms with Gasteiger partial charge < -0.3 is 4.57 Å². The minimum atomic E-state index is -0.388. The first-order chi connectivity index (χ1) is 8.27. The topological polar surface area (TPSA) is 73.8 Å². The van der Waals surface area contributed by atoms with Gasteiger partial charge in [0.15, 0.2) is 5.82 Å². The number of rotatable bonds is 3. The second-order valence-electron chi connectivity index (χ2n) is 4.07. The zero-order chi connectivity index (χ0) is 11.8. The Hall–Kier alpha value is -2.24. The van der Waals surface area contributed by atoms with Crippen molar-refractivity contribution in [1.82, 2.24) is 14.8 Å². The van der Waals surface area contributed by atoms with Crippen LogP contribution in [0, 0.1) is 10.1 Å². The van der Waals surface area contributed by atoms with Gasteiger partial charge in [-0.1, -0.05) is 12.1 Å². The molecule has 6 heteroatoms. The molecule has 1 aliphatic rings. The summed E-state index contributed by atoms with van der Waals surface area (Å²) in [5.41, 5.74) is 0.601. The highest BCUT2D eigenvalue weighted by atomic mass is 16.6. The van der Waals surface area contributed by atoms with Crippen LogP contribution in [0.1, 0.15) is 18.9 Å². The van der Waals surface area contributed by atoms with Crippen LogP contribution in [0.15, 0.2) is 30.6 Å². The second kappa shape index (κ2) is 3.65. The van der Waals surface area contributed by atoms with Crippen LogP contribution in [0.4, 0.5) is 5.69 Å². The molecular weight excluding hydrogens is 220 g/mol. The lowest BCUT2D eigenvalue weighted by molar-refractivity contribution is -0.384. The number of hydrogen-bond acceptors (Lipinski definition) is 4. The molecule has 1 aromatic heterocycles. The SMILES string of the molecule is O=[N+]([O-])c1ccccc1-c1nncn1C1CC1. The summed E-state index contributed by atoms with van der Waals surface area (Å²) in [4.78, 5) is 10.6. The standard InChI is InChI=1S/C11H10N4O2/c16-15(17)10-4-2-1-3-9(10)11-13-12-7-14(11)8-5-6-8/h1-4,7-8H,5-6H2. The average molecular weight is 230 g/mol. The quantitative estimate of drug-likeness (QED) is 0.598. The number of aromatic nitrogens is 3. The van der Waals surface area contributed by atoms with E-state index in [4.69, 9.17) is 0 Å². The molecule has 1 saturated carbocycles. The van der Waals surface area contributed by atoms with Gasteiger partial charge in [-0.25, -0.2) is 0 Å². The van der Waals surface area contributed by atoms with E-state index in [1.54, 1.807) is 24.5 Å². The van der Waals surface area contributed by atoms with Crippen LogP contribution in [0.2, 0.25) is 0 Å². The van der Waals surface area contributed by atoms with Gasteiger partial charge in [-0.15, -0.1) is 10.2 Å². The van der Waals surface area contributed by atoms with Crippen molar-refractivity contribution in [2.45, 2.75) is 18.9 Å². The van der Waals surface area contributed by atoms with Crippen LogP contribution >= 0.6 is 0 Å². The van der Waals surface area contributed by atoms with Crippen molar-refractivity contribution in [3.8, 4) is 11.4 Å². The van der Waals surface area contributed by atoms with Crippen LogP contribution in [0.3, 0.4) is 0 Å². The molecule has 1 aliphatic carbocycles. The Labute approximate surface area is 97.1 Å². The highest BCUT2D eigenvalue weighted by molar-refractivity contribution is 5.67. The van der Waals surface area contributed by atoms with Crippen molar-refractivity contribution in [2.24, 2.45) is 0 Å². The van der Waals surface area contributed by atoms with Gasteiger partial charge in [0.25, 0.3) is 5.69 Å². The fraction of sp³-hybridized carbons (Fsp3) is 0.273. The van der Waals surface area contributed by atoms with Crippen LogP contribution in [0.25, 0.3) is 11.4 Å². The van der Waals surface area contributed by atoms with Crippen LogP contribution in [-0.2, 0) is 0 Å². The first kappa shape index (κ1) is 9.95. The molecule has 1 fully saturated rings. The highest BCUT2D eigenvalue weighted by Gasteiger charge is 2.28. The number of nitro benzene ring substituents is 1. The summed E-state index contributed by atoms with van der Waals surface area (Å²) in [5.74, 6) is 0.583. The van der Waals surface area contributed by atoms with Gasteiger partial charge in [0.1, 0.15) is 6.33 Å². The monoisotopic (exact) mass is 230 g/mol. The van der Waals surface area contributed by atoms with E-state index in [0.717, 1.165) is 12.8 Å². The first-order valence-corrected chi connectivity index (χ1v) is 5.40. The lowest BCUT2D eigenvalue weighted by atomic mass is 10.1. The summed E-state index contributed by atoms with van der Waals surface area (Å²) in [7, 11) is 0. The molecule has 2 aromatic rings. The molecule has 1 aromatic carbocycles. The highest BCUT2D eigenvalue weighted by Crippen LogP contribution is 2.39. The predicted octanol–water partition coefficient (Wildman–Crippen LogP) is 2.19. The molecule has 0 amide bonds. The molecule has 0 N–H and O–H groups in total. The smallest absolute Gasteiger partial charge is 0.280 e. The molecule has 0 atom stereocenters. The largest absolute Gasteiger partial charge is 0.310 e. The number of nitro groups is 1. The van der Waals surface area contributed by atoms with E-state index >= 15 is 0 Å². The van der Waals surface area contributed by atoms with Crippen molar-refractivity contribution in [2.75, 3.05) is 0 Å². The zero-order valence-corrected chi connectivity index (χ0v) is 8.98. The second-order valence-corrected chi connectivity index (χ2v) is 4.07. The molecule has 0 unspecified atom stereocenters. The third-order valence-corrected chi connectivity index (χ3v) is 2.85. The molecule has 6 nitrogen and oxygen atoms in total. The van der Waals surface area contributed by atoms with Gasteiger partial charge >= 0.3 is 0 Å². The Kier molecular flexibility index (Phi) is 2.14. The first-order valence-electron chi connectivity index (χ1n) is 5.40. The van der Waals surface area contributed by atoms with E-state index in [0.29, 0.717) is 17.4 Å². The van der Waals surface area contributed by atoms with E-state index in [1.807, 2.05) is 4.57 Å². The Bertz CT molecular complexity index is 574. The van der Waals surface area contributed by atoms with E-state index in [-0.39, 0.29) is 10.6 Å². The summed E-state index contributed by atoms with van der Waals surface area (Å²) in [5, 5.41) is 18.8. The molecule has 0 bridgehead atoms. The van der Waals surface area contributed by atoms with Crippen molar-refractivity contribution >= 4 is 5.69 Å². The van der Waals surface area contributed by atoms with Gasteiger partial charge in [-0.2, -0.15) is 0 Å². The minimum absolute atomic E-state index is 0.0717. The Morgan fingerprint density at radius 1 is 1.35 bits per heavy atom. The molecule has 1 heterocycles. The molecule has 86 valence electrons. The van der Waals surface area contributed by atoms with E-state index in [1.165, 1.54) is 6.07 Å². The van der Waals surface area contributed by atoms with Crippen molar-refractivity contribution in [1.29, 1.82) is 0 Å². The third kappa shape index (κ3) is 1.67. The Morgan fingerprint density at radius 3 is 2.82 bits per heavy atom. The predicted molar refractivity (Wildman–Crippen MR) is 60.4 cm³/mol. The summed E-state index contributed by atoms with van der Waals surface area (Å²) in [6, 6.07) is 7.02. The van der Waals surface area contributed by atoms with Gasteiger partial charge in [-0.3, -0.25) is 10.1 Å². The van der Waals surface area contributed by atoms with E-state index < -0.39 is 0 Å². The maximum atomic E-state index is 11.0. The fourth-order valence-corrected chi connectivity index (χ4v) is 1.88. The van der Waals surface area contributed by atoms with Crippen molar-refractivity contribution < 1.29 is 4.92 Å². The number of nitrogens with zero attached hydrogens (tertiary/aromatic N) is 4. The van der Waals surface area contributed by atoms with Gasteiger partial charge in [-0.05, 0) is 18.9 Å². The van der Waals surface area contributed by atoms with Crippen LogP contribution in [0.5, 0.6) is 0 Å². The zero-order valence-electron chi connectivity index (χ0n) is 8.98. The summed E-state index contributed by atoms with van der Waals surface area (Å²) in [6.07, 6.45) is 3.82. The molecular formula is C11H10N4O2. The summed E-state index contributed by atoms with van der Waals surface area (Å²) in [6.45, 7) is 0. The Morgan fingerprint density at radius 2 is 2.12 bits per heavy atom. The number of benzene rings is 1. The molecule has 3 rings (SSSR count). The number of para-hydroxylation sites is 1. The molecule has 0 saturated heterocycles. The maximum absolute atomic E-state index is 11.0. The Balaban J connectivity index is 2.14. The molecule has 0 radical (unpaired) electrons. The summed E-state index contributed by atoms with van der Waals surface area (Å²) < 4.78 is 1.92. The number of hydrogen-bond donors (Lipinski definition) is 0. The summed E-state index contributed by atoms with van der Waals surface area (Å²) >= 11 is 0. The van der Waals surface area contributed by atoms with E-state index in [9.17, 15) is 10.1 Å². The molecule has 17 heavy (non-hydrogen) atoms. The lowest BCUT2D eigenvalue weighted by Gasteiger charge is -2.04. The lowest BCUT2D eigenvalue weighted by Crippen LogP contribution is -1.99. The average Bonchev–Trinajstić information content (AvgIpc) is 3.07. The molecule has 0 spiro atoms. The van der Waals surface area contributed by atoms with Crippen LogP contribution < -0.4 is 0 Å². The fourth-order valence-electron chi connectivity index (χ4n) is 1.88. The van der Waals surface area contributed by atoms with Crippen LogP contribution in [-0.4, -0.2) is 19.7 Å². The normalized spacial score (nSPS) is 14.8. The van der Waals surface area contributed by atoms with Gasteiger partial charge in [0.2, 0.25) is 0 Å². The van der Waals surface area contributed by atoms with Gasteiger partial charge in [0, 0.05) is 12.1 Å². The van der Waals surface area contributed by atoms with E-state index in [2.05, 4.69) is 10.2 Å². The maximum Gasteiger partial charge on any atom is 0.280 e.